The smallest absolute Gasteiger partial charge is 0.312 e. The van der Waals surface area contributed by atoms with Crippen LogP contribution < -0.4 is 0 Å². The molecule has 1 N–H and O–H groups in total. The van der Waals surface area contributed by atoms with Gasteiger partial charge in [0, 0.05) is 23.2 Å². The third-order valence-electron chi connectivity index (χ3n) is 4.90. The van der Waals surface area contributed by atoms with E-state index in [1.807, 2.05) is 25.1 Å². The summed E-state index contributed by atoms with van der Waals surface area (Å²) in [7, 11) is 1.53. The van der Waals surface area contributed by atoms with Crippen molar-refractivity contribution in [2.24, 2.45) is 16.3 Å². The first-order valence-corrected chi connectivity index (χ1v) is 8.49. The van der Waals surface area contributed by atoms with Crippen molar-refractivity contribution in [3.63, 3.8) is 0 Å². The maximum Gasteiger partial charge on any atom is 0.312 e. The van der Waals surface area contributed by atoms with Crippen LogP contribution in [0.4, 0.5) is 0 Å². The molecule has 0 amide bonds. The summed E-state index contributed by atoms with van der Waals surface area (Å²) in [6.07, 6.45) is 0. The summed E-state index contributed by atoms with van der Waals surface area (Å²) in [5.41, 5.74) is 1.28. The minimum Gasteiger partial charge on any atom is -0.481 e. The SMILES string of the molecule is COCC1N=C(C)C(C#N)C(c2ccc(C)cc2Br)C1(C)C(=O)O. The second-order valence-corrected chi connectivity index (χ2v) is 7.29. The minimum absolute atomic E-state index is 0.193. The summed E-state index contributed by atoms with van der Waals surface area (Å²) in [4.78, 5) is 16.7. The molecule has 0 fully saturated rings. The van der Waals surface area contributed by atoms with Crippen molar-refractivity contribution in [3.8, 4) is 6.07 Å². The fraction of sp³-hybridized carbons (Fsp3) is 0.500. The Morgan fingerprint density at radius 2 is 2.17 bits per heavy atom. The zero-order chi connectivity index (χ0) is 18.1. The average Bonchev–Trinajstić information content (AvgIpc) is 2.51. The van der Waals surface area contributed by atoms with E-state index >= 15 is 0 Å². The highest BCUT2D eigenvalue weighted by Gasteiger charge is 2.55. The molecule has 1 aromatic carbocycles. The third kappa shape index (κ3) is 2.99. The number of aryl methyl sites for hydroxylation is 1. The molecule has 1 aliphatic heterocycles. The topological polar surface area (TPSA) is 82.7 Å². The van der Waals surface area contributed by atoms with Crippen LogP contribution in [0.25, 0.3) is 0 Å². The summed E-state index contributed by atoms with van der Waals surface area (Å²) >= 11 is 3.55. The number of benzene rings is 1. The highest BCUT2D eigenvalue weighted by Crippen LogP contribution is 2.50. The molecule has 128 valence electrons. The van der Waals surface area contributed by atoms with E-state index in [0.717, 1.165) is 15.6 Å². The Balaban J connectivity index is 2.73. The zero-order valence-electron chi connectivity index (χ0n) is 14.2. The first kappa shape index (κ1) is 18.6. The molecule has 5 nitrogen and oxygen atoms in total. The lowest BCUT2D eigenvalue weighted by Crippen LogP contribution is -2.52. The number of carboxylic acids is 1. The average molecular weight is 393 g/mol. The molecule has 0 radical (unpaired) electrons. The summed E-state index contributed by atoms with van der Waals surface area (Å²) in [5, 5.41) is 19.7. The first-order valence-electron chi connectivity index (χ1n) is 7.69. The Bertz CT molecular complexity index is 725. The molecule has 0 spiro atoms. The Hall–Kier alpha value is -1.71. The van der Waals surface area contributed by atoms with E-state index in [4.69, 9.17) is 4.74 Å². The molecule has 1 heterocycles. The molecule has 2 rings (SSSR count). The molecule has 0 aliphatic carbocycles. The van der Waals surface area contributed by atoms with Crippen LogP contribution in [0.3, 0.4) is 0 Å². The lowest BCUT2D eigenvalue weighted by atomic mass is 9.61. The third-order valence-corrected chi connectivity index (χ3v) is 5.58. The van der Waals surface area contributed by atoms with Gasteiger partial charge in [-0.2, -0.15) is 5.26 Å². The van der Waals surface area contributed by atoms with Crippen molar-refractivity contribution in [2.45, 2.75) is 32.7 Å². The van der Waals surface area contributed by atoms with Crippen LogP contribution in [0.15, 0.2) is 27.7 Å². The Labute approximate surface area is 150 Å². The van der Waals surface area contributed by atoms with Gasteiger partial charge in [0.15, 0.2) is 0 Å². The van der Waals surface area contributed by atoms with Gasteiger partial charge in [-0.05, 0) is 38.0 Å². The maximum absolute atomic E-state index is 12.2. The number of hydrogen-bond donors (Lipinski definition) is 1. The van der Waals surface area contributed by atoms with Crippen LogP contribution in [0.5, 0.6) is 0 Å². The molecule has 0 saturated heterocycles. The van der Waals surface area contributed by atoms with E-state index in [-0.39, 0.29) is 6.61 Å². The van der Waals surface area contributed by atoms with Crippen molar-refractivity contribution in [3.05, 3.63) is 33.8 Å². The lowest BCUT2D eigenvalue weighted by molar-refractivity contribution is -0.152. The second kappa shape index (κ2) is 7.04. The Kier molecular flexibility index (Phi) is 5.46. The molecular weight excluding hydrogens is 372 g/mol. The van der Waals surface area contributed by atoms with E-state index in [9.17, 15) is 15.2 Å². The van der Waals surface area contributed by atoms with Gasteiger partial charge in [0.05, 0.1) is 30.1 Å². The van der Waals surface area contributed by atoms with E-state index in [0.29, 0.717) is 5.71 Å². The second-order valence-electron chi connectivity index (χ2n) is 6.44. The molecule has 4 atom stereocenters. The molecule has 4 unspecified atom stereocenters. The molecular formula is C18H21BrN2O3. The number of halogens is 1. The fourth-order valence-electron chi connectivity index (χ4n) is 3.45. The summed E-state index contributed by atoms with van der Waals surface area (Å²) < 4.78 is 6.02. The van der Waals surface area contributed by atoms with Crippen molar-refractivity contribution in [2.75, 3.05) is 13.7 Å². The number of nitriles is 1. The van der Waals surface area contributed by atoms with E-state index in [1.165, 1.54) is 7.11 Å². The van der Waals surface area contributed by atoms with Crippen LogP contribution in [0.1, 0.15) is 30.9 Å². The van der Waals surface area contributed by atoms with Crippen LogP contribution in [0.2, 0.25) is 0 Å². The Morgan fingerprint density at radius 1 is 1.50 bits per heavy atom. The molecule has 1 aliphatic rings. The summed E-state index contributed by atoms with van der Waals surface area (Å²) in [6.45, 7) is 5.61. The molecule has 6 heteroatoms. The van der Waals surface area contributed by atoms with Gasteiger partial charge in [0.1, 0.15) is 0 Å². The number of nitrogens with zero attached hydrogens (tertiary/aromatic N) is 2. The zero-order valence-corrected chi connectivity index (χ0v) is 15.8. The van der Waals surface area contributed by atoms with E-state index in [2.05, 4.69) is 27.0 Å². The van der Waals surface area contributed by atoms with Gasteiger partial charge < -0.3 is 9.84 Å². The van der Waals surface area contributed by atoms with Crippen LogP contribution in [-0.2, 0) is 9.53 Å². The van der Waals surface area contributed by atoms with Gasteiger partial charge in [-0.3, -0.25) is 9.79 Å². The van der Waals surface area contributed by atoms with Crippen molar-refractivity contribution in [1.29, 1.82) is 5.26 Å². The molecule has 24 heavy (non-hydrogen) atoms. The predicted octanol–water partition coefficient (Wildman–Crippen LogP) is 3.56. The number of rotatable bonds is 4. The summed E-state index contributed by atoms with van der Waals surface area (Å²) in [6, 6.07) is 7.49. The number of methoxy groups -OCH3 is 1. The van der Waals surface area contributed by atoms with Gasteiger partial charge in [-0.25, -0.2) is 0 Å². The number of aliphatic carboxylic acids is 1. The van der Waals surface area contributed by atoms with Gasteiger partial charge in [0.2, 0.25) is 0 Å². The van der Waals surface area contributed by atoms with Crippen molar-refractivity contribution < 1.29 is 14.6 Å². The molecule has 1 aromatic rings. The standard InChI is InChI=1S/C18H21BrN2O3/c1-10-5-6-12(14(19)7-10)16-13(8-20)11(2)21-15(9-24-4)18(16,3)17(22)23/h5-7,13,15-16H,9H2,1-4H3,(H,22,23). The lowest BCUT2D eigenvalue weighted by Gasteiger charge is -2.44. The van der Waals surface area contributed by atoms with Crippen LogP contribution >= 0.6 is 15.9 Å². The Morgan fingerprint density at radius 3 is 2.67 bits per heavy atom. The minimum atomic E-state index is -1.24. The van der Waals surface area contributed by atoms with Gasteiger partial charge in [-0.15, -0.1) is 0 Å². The molecule has 0 aromatic heterocycles. The number of carbonyl (C=O) groups is 1. The van der Waals surface area contributed by atoms with Crippen molar-refractivity contribution in [1.82, 2.24) is 0 Å². The number of aliphatic imine (C=N–C) groups is 1. The first-order chi connectivity index (χ1) is 11.3. The number of hydrogen-bond acceptors (Lipinski definition) is 4. The number of carboxylic acid groups (broad SMARTS) is 1. The number of ether oxygens (including phenoxy) is 1. The van der Waals surface area contributed by atoms with Gasteiger partial charge >= 0.3 is 5.97 Å². The molecule has 0 bridgehead atoms. The van der Waals surface area contributed by atoms with Crippen LogP contribution in [-0.4, -0.2) is 36.5 Å². The van der Waals surface area contributed by atoms with E-state index < -0.39 is 29.3 Å². The van der Waals surface area contributed by atoms with Gasteiger partial charge in [0.25, 0.3) is 0 Å². The van der Waals surface area contributed by atoms with Crippen molar-refractivity contribution >= 4 is 27.6 Å². The fourth-order valence-corrected chi connectivity index (χ4v) is 4.19. The van der Waals surface area contributed by atoms with Crippen LogP contribution in [0, 0.1) is 29.6 Å². The highest BCUT2D eigenvalue weighted by molar-refractivity contribution is 9.10. The van der Waals surface area contributed by atoms with Gasteiger partial charge in [-0.1, -0.05) is 28.1 Å². The summed E-state index contributed by atoms with van der Waals surface area (Å²) in [5.74, 6) is -2.09. The maximum atomic E-state index is 12.2. The normalized spacial score (nSPS) is 29.7. The monoisotopic (exact) mass is 392 g/mol. The highest BCUT2D eigenvalue weighted by atomic mass is 79.9. The molecule has 0 saturated carbocycles. The van der Waals surface area contributed by atoms with E-state index in [1.54, 1.807) is 13.8 Å². The largest absolute Gasteiger partial charge is 0.481 e. The predicted molar refractivity (Wildman–Crippen MR) is 95.2 cm³/mol. The quantitative estimate of drug-likeness (QED) is 0.848.